The van der Waals surface area contributed by atoms with Gasteiger partial charge in [-0.05, 0) is 18.9 Å². The van der Waals surface area contributed by atoms with Crippen LogP contribution >= 0.6 is 11.3 Å². The third kappa shape index (κ3) is 3.88. The van der Waals surface area contributed by atoms with Crippen molar-refractivity contribution in [3.8, 4) is 0 Å². The topological polar surface area (TPSA) is 53.4 Å². The monoisotopic (exact) mass is 290 g/mol. The van der Waals surface area contributed by atoms with Gasteiger partial charge >= 0.3 is 0 Å². The van der Waals surface area contributed by atoms with Crippen LogP contribution < -0.4 is 0 Å². The molecule has 1 amide bonds. The predicted molar refractivity (Wildman–Crippen MR) is 80.0 cm³/mol. The molecule has 0 unspecified atom stereocenters. The highest BCUT2D eigenvalue weighted by Crippen LogP contribution is 2.11. The summed E-state index contributed by atoms with van der Waals surface area (Å²) in [5.41, 5.74) is 1.65. The standard InChI is InChI=1S/C15H18N2O2S/c1-12-16-14(11-20-12)15(19)17(9-10-18)8-7-13-5-3-2-4-6-13/h2-6,11,18H,7-10H2,1H3. The summed E-state index contributed by atoms with van der Waals surface area (Å²) in [5.74, 6) is -0.112. The number of aryl methyl sites for hydroxylation is 1. The lowest BCUT2D eigenvalue weighted by molar-refractivity contribution is 0.0719. The lowest BCUT2D eigenvalue weighted by Gasteiger charge is -2.20. The summed E-state index contributed by atoms with van der Waals surface area (Å²) in [6.45, 7) is 2.76. The fraction of sp³-hybridized carbons (Fsp3) is 0.333. The number of rotatable bonds is 6. The van der Waals surface area contributed by atoms with Gasteiger partial charge in [0.25, 0.3) is 5.91 Å². The summed E-state index contributed by atoms with van der Waals surface area (Å²) in [4.78, 5) is 18.2. The molecule has 1 N–H and O–H groups in total. The van der Waals surface area contributed by atoms with E-state index >= 15 is 0 Å². The molecule has 0 atom stereocenters. The van der Waals surface area contributed by atoms with Gasteiger partial charge in [-0.1, -0.05) is 30.3 Å². The van der Waals surface area contributed by atoms with Crippen LogP contribution in [-0.4, -0.2) is 40.6 Å². The first-order chi connectivity index (χ1) is 9.70. The Morgan fingerprint density at radius 1 is 1.30 bits per heavy atom. The number of hydrogen-bond acceptors (Lipinski definition) is 4. The largest absolute Gasteiger partial charge is 0.395 e. The van der Waals surface area contributed by atoms with Crippen LogP contribution in [-0.2, 0) is 6.42 Å². The Morgan fingerprint density at radius 2 is 2.05 bits per heavy atom. The van der Waals surface area contributed by atoms with Crippen molar-refractivity contribution in [3.63, 3.8) is 0 Å². The molecule has 0 saturated heterocycles. The summed E-state index contributed by atoms with van der Waals surface area (Å²) in [6, 6.07) is 10.0. The predicted octanol–water partition coefficient (Wildman–Crippen LogP) is 2.13. The van der Waals surface area contributed by atoms with Crippen LogP contribution in [0.2, 0.25) is 0 Å². The van der Waals surface area contributed by atoms with Crippen molar-refractivity contribution in [1.29, 1.82) is 0 Å². The third-order valence-electron chi connectivity index (χ3n) is 3.01. The van der Waals surface area contributed by atoms with E-state index in [0.29, 0.717) is 18.8 Å². The van der Waals surface area contributed by atoms with Gasteiger partial charge in [0.2, 0.25) is 0 Å². The van der Waals surface area contributed by atoms with Crippen LogP contribution in [0.1, 0.15) is 21.1 Å². The fourth-order valence-electron chi connectivity index (χ4n) is 1.97. The van der Waals surface area contributed by atoms with E-state index in [2.05, 4.69) is 4.98 Å². The molecule has 4 nitrogen and oxygen atoms in total. The molecule has 106 valence electrons. The second-order valence-electron chi connectivity index (χ2n) is 4.50. The first kappa shape index (κ1) is 14.7. The molecule has 5 heteroatoms. The molecule has 0 spiro atoms. The summed E-state index contributed by atoms with van der Waals surface area (Å²) < 4.78 is 0. The fourth-order valence-corrected chi connectivity index (χ4v) is 2.55. The van der Waals surface area contributed by atoms with Crippen molar-refractivity contribution >= 4 is 17.2 Å². The summed E-state index contributed by atoms with van der Waals surface area (Å²) in [7, 11) is 0. The Kier molecular flexibility index (Phi) is 5.26. The minimum absolute atomic E-state index is 0.0380. The zero-order valence-corrected chi connectivity index (χ0v) is 12.3. The van der Waals surface area contributed by atoms with E-state index in [9.17, 15) is 4.79 Å². The van der Waals surface area contributed by atoms with Crippen LogP contribution in [0.4, 0.5) is 0 Å². The van der Waals surface area contributed by atoms with Crippen molar-refractivity contribution in [1.82, 2.24) is 9.88 Å². The second kappa shape index (κ2) is 7.17. The van der Waals surface area contributed by atoms with E-state index in [1.807, 2.05) is 37.3 Å². The van der Waals surface area contributed by atoms with Crippen LogP contribution in [0.3, 0.4) is 0 Å². The summed E-state index contributed by atoms with van der Waals surface area (Å²) in [6.07, 6.45) is 0.774. The van der Waals surface area contributed by atoms with E-state index in [1.165, 1.54) is 16.9 Å². The normalized spacial score (nSPS) is 10.5. The van der Waals surface area contributed by atoms with E-state index in [-0.39, 0.29) is 12.5 Å². The van der Waals surface area contributed by atoms with Gasteiger partial charge in [-0.15, -0.1) is 11.3 Å². The molecule has 0 aliphatic rings. The van der Waals surface area contributed by atoms with Gasteiger partial charge in [0.05, 0.1) is 11.6 Å². The number of aliphatic hydroxyl groups is 1. The number of aromatic nitrogens is 1. The van der Waals surface area contributed by atoms with Crippen LogP contribution in [0.5, 0.6) is 0 Å². The number of benzene rings is 1. The van der Waals surface area contributed by atoms with E-state index < -0.39 is 0 Å². The molecular formula is C15H18N2O2S. The number of nitrogens with zero attached hydrogens (tertiary/aromatic N) is 2. The maximum absolute atomic E-state index is 12.3. The molecule has 1 aromatic carbocycles. The lowest BCUT2D eigenvalue weighted by Crippen LogP contribution is -2.35. The first-order valence-electron chi connectivity index (χ1n) is 6.57. The lowest BCUT2D eigenvalue weighted by atomic mass is 10.1. The van der Waals surface area contributed by atoms with Gasteiger partial charge in [-0.2, -0.15) is 0 Å². The number of aliphatic hydroxyl groups excluding tert-OH is 1. The molecule has 1 aromatic heterocycles. The maximum Gasteiger partial charge on any atom is 0.273 e. The van der Waals surface area contributed by atoms with E-state index in [0.717, 1.165) is 11.4 Å². The average molecular weight is 290 g/mol. The highest BCUT2D eigenvalue weighted by Gasteiger charge is 2.17. The molecule has 2 rings (SSSR count). The average Bonchev–Trinajstić information content (AvgIpc) is 2.90. The van der Waals surface area contributed by atoms with Crippen molar-refractivity contribution in [2.75, 3.05) is 19.7 Å². The smallest absolute Gasteiger partial charge is 0.273 e. The second-order valence-corrected chi connectivity index (χ2v) is 5.57. The van der Waals surface area contributed by atoms with Crippen molar-refractivity contribution < 1.29 is 9.90 Å². The van der Waals surface area contributed by atoms with Crippen LogP contribution in [0.25, 0.3) is 0 Å². The Balaban J connectivity index is 2.01. The SMILES string of the molecule is Cc1nc(C(=O)N(CCO)CCc2ccccc2)cs1. The molecule has 1 heterocycles. The van der Waals surface area contributed by atoms with Gasteiger partial charge < -0.3 is 10.0 Å². The van der Waals surface area contributed by atoms with Crippen molar-refractivity contribution in [2.24, 2.45) is 0 Å². The Morgan fingerprint density at radius 3 is 2.65 bits per heavy atom. The van der Waals surface area contributed by atoms with E-state index in [1.54, 1.807) is 10.3 Å². The van der Waals surface area contributed by atoms with Crippen molar-refractivity contribution in [2.45, 2.75) is 13.3 Å². The number of hydrogen-bond donors (Lipinski definition) is 1. The van der Waals surface area contributed by atoms with Crippen LogP contribution in [0.15, 0.2) is 35.7 Å². The molecular weight excluding hydrogens is 272 g/mol. The summed E-state index contributed by atoms with van der Waals surface area (Å²) in [5, 5.41) is 11.8. The zero-order chi connectivity index (χ0) is 14.4. The molecule has 0 radical (unpaired) electrons. The van der Waals surface area contributed by atoms with Crippen LogP contribution in [0, 0.1) is 6.92 Å². The summed E-state index contributed by atoms with van der Waals surface area (Å²) >= 11 is 1.46. The van der Waals surface area contributed by atoms with E-state index in [4.69, 9.17) is 5.11 Å². The Labute approximate surface area is 122 Å². The minimum atomic E-state index is -0.112. The van der Waals surface area contributed by atoms with Gasteiger partial charge in [-0.3, -0.25) is 4.79 Å². The number of thiazole rings is 1. The first-order valence-corrected chi connectivity index (χ1v) is 7.45. The Bertz CT molecular complexity index is 554. The van der Waals surface area contributed by atoms with Crippen molar-refractivity contribution in [3.05, 3.63) is 52.0 Å². The highest BCUT2D eigenvalue weighted by atomic mass is 32.1. The molecule has 2 aromatic rings. The van der Waals surface area contributed by atoms with Gasteiger partial charge in [-0.25, -0.2) is 4.98 Å². The molecule has 0 bridgehead atoms. The minimum Gasteiger partial charge on any atom is -0.395 e. The molecule has 0 aliphatic carbocycles. The molecule has 0 aliphatic heterocycles. The van der Waals surface area contributed by atoms with Gasteiger partial charge in [0, 0.05) is 18.5 Å². The number of carbonyl (C=O) groups excluding carboxylic acids is 1. The Hall–Kier alpha value is -1.72. The van der Waals surface area contributed by atoms with Gasteiger partial charge in [0.15, 0.2) is 0 Å². The molecule has 20 heavy (non-hydrogen) atoms. The zero-order valence-electron chi connectivity index (χ0n) is 11.5. The molecule has 0 fully saturated rings. The number of amides is 1. The maximum atomic E-state index is 12.3. The quantitative estimate of drug-likeness (QED) is 0.886. The number of carbonyl (C=O) groups is 1. The third-order valence-corrected chi connectivity index (χ3v) is 3.78. The van der Waals surface area contributed by atoms with Gasteiger partial charge in [0.1, 0.15) is 5.69 Å². The molecule has 0 saturated carbocycles. The highest BCUT2D eigenvalue weighted by molar-refractivity contribution is 7.09.